The van der Waals surface area contributed by atoms with Crippen LogP contribution in [-0.4, -0.2) is 18.4 Å². The number of hydrogen-bond acceptors (Lipinski definition) is 3. The number of halogens is 1. The quantitative estimate of drug-likeness (QED) is 0.754. The van der Waals surface area contributed by atoms with Crippen LogP contribution in [0.4, 0.5) is 10.1 Å². The lowest BCUT2D eigenvalue weighted by atomic mass is 10.1. The van der Waals surface area contributed by atoms with Gasteiger partial charge in [-0.25, -0.2) is 4.39 Å². The van der Waals surface area contributed by atoms with Gasteiger partial charge in [-0.1, -0.05) is 6.07 Å². The molecule has 26 heavy (non-hydrogen) atoms. The number of nitrogens with one attached hydrogen (secondary N) is 1. The molecule has 0 saturated carbocycles. The lowest BCUT2D eigenvalue weighted by Crippen LogP contribution is -2.25. The second-order valence-electron chi connectivity index (χ2n) is 6.28. The highest BCUT2D eigenvalue weighted by Crippen LogP contribution is 2.26. The molecule has 3 aromatic rings. The van der Waals surface area contributed by atoms with E-state index in [1.54, 1.807) is 29.2 Å². The summed E-state index contributed by atoms with van der Waals surface area (Å²) in [5.74, 6) is -0.360. The molecule has 6 heteroatoms. The van der Waals surface area contributed by atoms with Crippen molar-refractivity contribution in [2.75, 3.05) is 11.4 Å². The Morgan fingerprint density at radius 3 is 2.88 bits per heavy atom. The van der Waals surface area contributed by atoms with E-state index < -0.39 is 0 Å². The molecule has 0 atom stereocenters. The van der Waals surface area contributed by atoms with Crippen LogP contribution in [0, 0.1) is 5.82 Å². The van der Waals surface area contributed by atoms with Crippen molar-refractivity contribution in [1.29, 1.82) is 0 Å². The molecule has 132 valence electrons. The first-order chi connectivity index (χ1) is 12.6. The summed E-state index contributed by atoms with van der Waals surface area (Å²) in [6.45, 7) is 1.08. The molecule has 1 fully saturated rings. The van der Waals surface area contributed by atoms with Gasteiger partial charge in [0.2, 0.25) is 5.91 Å². The number of anilines is 1. The van der Waals surface area contributed by atoms with Crippen LogP contribution in [0.15, 0.2) is 48.5 Å². The Labute approximate surface area is 154 Å². The molecule has 4 rings (SSSR count). The molecule has 0 unspecified atom stereocenters. The number of benzene rings is 2. The Morgan fingerprint density at radius 1 is 1.19 bits per heavy atom. The van der Waals surface area contributed by atoms with Gasteiger partial charge in [-0.05, 0) is 54.3 Å². The molecule has 0 radical (unpaired) electrons. The number of hydrogen-bond donors (Lipinski definition) is 1. The Hall–Kier alpha value is -2.73. The minimum Gasteiger partial charge on any atom is -0.347 e. The average Bonchev–Trinajstić information content (AvgIpc) is 3.25. The predicted molar refractivity (Wildman–Crippen MR) is 101 cm³/mol. The van der Waals surface area contributed by atoms with E-state index >= 15 is 0 Å². The van der Waals surface area contributed by atoms with Crippen molar-refractivity contribution < 1.29 is 14.0 Å². The van der Waals surface area contributed by atoms with Crippen molar-refractivity contribution in [2.24, 2.45) is 0 Å². The van der Waals surface area contributed by atoms with Gasteiger partial charge in [-0.3, -0.25) is 9.59 Å². The highest BCUT2D eigenvalue weighted by molar-refractivity contribution is 7.19. The maximum atomic E-state index is 13.3. The van der Waals surface area contributed by atoms with Gasteiger partial charge in [0.15, 0.2) is 0 Å². The number of carbonyl (C=O) groups excluding carboxylic acids is 2. The molecule has 2 heterocycles. The van der Waals surface area contributed by atoms with Crippen LogP contribution in [0.5, 0.6) is 0 Å². The second kappa shape index (κ2) is 6.88. The monoisotopic (exact) mass is 368 g/mol. The third-order valence-electron chi connectivity index (χ3n) is 4.45. The minimum absolute atomic E-state index is 0.0973. The summed E-state index contributed by atoms with van der Waals surface area (Å²) >= 11 is 1.53. The molecule has 0 aliphatic carbocycles. The number of nitrogens with zero attached hydrogens (tertiary/aromatic N) is 1. The van der Waals surface area contributed by atoms with Crippen LogP contribution in [0.3, 0.4) is 0 Å². The largest absolute Gasteiger partial charge is 0.347 e. The zero-order chi connectivity index (χ0) is 18.1. The first kappa shape index (κ1) is 16.7. The molecule has 1 aliphatic rings. The highest BCUT2D eigenvalue weighted by Gasteiger charge is 2.22. The Morgan fingerprint density at radius 2 is 2.08 bits per heavy atom. The summed E-state index contributed by atoms with van der Waals surface area (Å²) in [6.07, 6.45) is 1.41. The van der Waals surface area contributed by atoms with E-state index in [2.05, 4.69) is 5.32 Å². The van der Waals surface area contributed by atoms with E-state index in [-0.39, 0.29) is 17.6 Å². The molecule has 2 aromatic carbocycles. The predicted octanol–water partition coefficient (Wildman–Crippen LogP) is 4.10. The van der Waals surface area contributed by atoms with Crippen molar-refractivity contribution in [3.05, 3.63) is 64.8 Å². The summed E-state index contributed by atoms with van der Waals surface area (Å²) in [5, 5.41) is 3.74. The van der Waals surface area contributed by atoms with Crippen LogP contribution in [0.1, 0.15) is 28.1 Å². The molecule has 2 amide bonds. The van der Waals surface area contributed by atoms with Gasteiger partial charge in [0.1, 0.15) is 5.82 Å². The maximum absolute atomic E-state index is 13.3. The molecule has 1 aromatic heterocycles. The summed E-state index contributed by atoms with van der Waals surface area (Å²) < 4.78 is 14.3. The van der Waals surface area contributed by atoms with Crippen molar-refractivity contribution in [3.63, 3.8) is 0 Å². The summed E-state index contributed by atoms with van der Waals surface area (Å²) in [7, 11) is 0. The second-order valence-corrected chi connectivity index (χ2v) is 7.45. The fourth-order valence-electron chi connectivity index (χ4n) is 3.16. The first-order valence-corrected chi connectivity index (χ1v) is 9.28. The van der Waals surface area contributed by atoms with Crippen LogP contribution in [0.2, 0.25) is 0 Å². The number of thiophene rings is 1. The lowest BCUT2D eigenvalue weighted by molar-refractivity contribution is -0.117. The Bertz CT molecular complexity index is 998. The summed E-state index contributed by atoms with van der Waals surface area (Å²) in [6, 6.07) is 13.7. The van der Waals surface area contributed by atoms with Crippen molar-refractivity contribution >= 4 is 38.9 Å². The number of carbonyl (C=O) groups is 2. The summed E-state index contributed by atoms with van der Waals surface area (Å²) in [4.78, 5) is 27.0. The fourth-order valence-corrected chi connectivity index (χ4v) is 4.15. The number of amides is 2. The van der Waals surface area contributed by atoms with Gasteiger partial charge in [0.25, 0.3) is 5.91 Å². The normalized spacial score (nSPS) is 14.2. The molecule has 4 nitrogen and oxygen atoms in total. The fraction of sp³-hybridized carbons (Fsp3) is 0.200. The van der Waals surface area contributed by atoms with E-state index in [1.807, 2.05) is 12.1 Å². The first-order valence-electron chi connectivity index (χ1n) is 8.47. The van der Waals surface area contributed by atoms with Crippen LogP contribution < -0.4 is 10.2 Å². The van der Waals surface area contributed by atoms with Gasteiger partial charge >= 0.3 is 0 Å². The van der Waals surface area contributed by atoms with Crippen LogP contribution in [0.25, 0.3) is 10.1 Å². The number of fused-ring (bicyclic) bond motifs is 1. The molecular formula is C20H17FN2O2S. The zero-order valence-electron chi connectivity index (χ0n) is 14.0. The summed E-state index contributed by atoms with van der Waals surface area (Å²) in [5.41, 5.74) is 1.28. The SMILES string of the molecule is O=C(NCc1cc2cc(F)ccc2s1)c1cccc(N2CCCC2=O)c1. The molecule has 1 saturated heterocycles. The van der Waals surface area contributed by atoms with Gasteiger partial charge in [-0.15, -0.1) is 11.3 Å². The highest BCUT2D eigenvalue weighted by atomic mass is 32.1. The molecular weight excluding hydrogens is 351 g/mol. The van der Waals surface area contributed by atoms with Gasteiger partial charge < -0.3 is 10.2 Å². The number of rotatable bonds is 4. The lowest BCUT2D eigenvalue weighted by Gasteiger charge is -2.16. The average molecular weight is 368 g/mol. The Balaban J connectivity index is 1.46. The van der Waals surface area contributed by atoms with E-state index in [1.165, 1.54) is 23.5 Å². The molecule has 1 aliphatic heterocycles. The Kier molecular flexibility index (Phi) is 4.42. The topological polar surface area (TPSA) is 49.4 Å². The van der Waals surface area contributed by atoms with E-state index in [0.717, 1.165) is 27.1 Å². The van der Waals surface area contributed by atoms with Gasteiger partial charge in [0, 0.05) is 33.8 Å². The minimum atomic E-state index is -0.265. The maximum Gasteiger partial charge on any atom is 0.251 e. The molecule has 0 bridgehead atoms. The third kappa shape index (κ3) is 3.32. The van der Waals surface area contributed by atoms with Crippen molar-refractivity contribution in [3.8, 4) is 0 Å². The standard InChI is InChI=1S/C20H17FN2O2S/c21-15-6-7-18-14(9-15)11-17(26-18)12-22-20(25)13-3-1-4-16(10-13)23-8-2-5-19(23)24/h1,3-4,6-7,9-11H,2,5,8,12H2,(H,22,25). The molecule has 0 spiro atoms. The van der Waals surface area contributed by atoms with E-state index in [9.17, 15) is 14.0 Å². The van der Waals surface area contributed by atoms with E-state index in [4.69, 9.17) is 0 Å². The third-order valence-corrected chi connectivity index (χ3v) is 5.56. The van der Waals surface area contributed by atoms with Gasteiger partial charge in [0.05, 0.1) is 6.54 Å². The van der Waals surface area contributed by atoms with E-state index in [0.29, 0.717) is 25.1 Å². The van der Waals surface area contributed by atoms with Crippen LogP contribution >= 0.6 is 11.3 Å². The van der Waals surface area contributed by atoms with Gasteiger partial charge in [-0.2, -0.15) is 0 Å². The van der Waals surface area contributed by atoms with Crippen molar-refractivity contribution in [2.45, 2.75) is 19.4 Å². The smallest absolute Gasteiger partial charge is 0.251 e. The van der Waals surface area contributed by atoms with Crippen molar-refractivity contribution in [1.82, 2.24) is 5.32 Å². The zero-order valence-corrected chi connectivity index (χ0v) is 14.8. The van der Waals surface area contributed by atoms with Crippen LogP contribution in [-0.2, 0) is 11.3 Å². The molecule has 1 N–H and O–H groups in total.